The van der Waals surface area contributed by atoms with Crippen LogP contribution in [0.15, 0.2) is 30.3 Å². The molecular weight excluding hydrogens is 378 g/mol. The molecule has 1 aromatic rings. The first-order valence-corrected chi connectivity index (χ1v) is 10.0. The number of likely N-dealkylation sites (tertiary alicyclic amines) is 1. The van der Waals surface area contributed by atoms with Gasteiger partial charge in [0.2, 0.25) is 11.8 Å². The standard InChI is InChI=1S/C21H31N3O3.ClH/c22-16-21(8-12-27-13-9-21)20(26)23-15-19(25)24-10-6-18(7-11-24)14-17-4-2-1-3-5-17;/h1-5,18H,6-16,22H2,(H,23,26);1H. The largest absolute Gasteiger partial charge is 0.381 e. The maximum absolute atomic E-state index is 12.6. The van der Waals surface area contributed by atoms with Gasteiger partial charge in [-0.25, -0.2) is 0 Å². The van der Waals surface area contributed by atoms with Crippen LogP contribution in [0.25, 0.3) is 0 Å². The molecule has 156 valence electrons. The van der Waals surface area contributed by atoms with E-state index in [0.717, 1.165) is 32.4 Å². The second kappa shape index (κ2) is 10.8. The van der Waals surface area contributed by atoms with Crippen LogP contribution in [-0.4, -0.2) is 56.1 Å². The van der Waals surface area contributed by atoms with E-state index in [1.54, 1.807) is 0 Å². The second-order valence-electron chi connectivity index (χ2n) is 7.79. The van der Waals surface area contributed by atoms with Gasteiger partial charge in [-0.2, -0.15) is 0 Å². The van der Waals surface area contributed by atoms with Crippen molar-refractivity contribution < 1.29 is 14.3 Å². The van der Waals surface area contributed by atoms with Gasteiger partial charge in [0.25, 0.3) is 0 Å². The Balaban J connectivity index is 0.00000280. The molecule has 7 heteroatoms. The fraction of sp³-hybridized carbons (Fsp3) is 0.619. The molecule has 3 rings (SSSR count). The zero-order valence-electron chi connectivity index (χ0n) is 16.4. The van der Waals surface area contributed by atoms with E-state index < -0.39 is 5.41 Å². The Labute approximate surface area is 173 Å². The van der Waals surface area contributed by atoms with Gasteiger partial charge in [-0.05, 0) is 43.6 Å². The lowest BCUT2D eigenvalue weighted by Gasteiger charge is -2.35. The van der Waals surface area contributed by atoms with Gasteiger partial charge in [0, 0.05) is 32.8 Å². The molecule has 0 aromatic heterocycles. The third-order valence-corrected chi connectivity index (χ3v) is 6.06. The lowest BCUT2D eigenvalue weighted by molar-refractivity contribution is -0.140. The van der Waals surface area contributed by atoms with Gasteiger partial charge in [0.15, 0.2) is 0 Å². The number of rotatable bonds is 6. The van der Waals surface area contributed by atoms with Crippen LogP contribution in [0.3, 0.4) is 0 Å². The number of piperidine rings is 1. The number of carbonyl (C=O) groups is 2. The Kier molecular flexibility index (Phi) is 8.73. The molecular formula is C21H32ClN3O3. The number of carbonyl (C=O) groups excluding carboxylic acids is 2. The number of amides is 2. The summed E-state index contributed by atoms with van der Waals surface area (Å²) in [6.07, 6.45) is 4.33. The number of ether oxygens (including phenoxy) is 1. The second-order valence-corrected chi connectivity index (χ2v) is 7.79. The van der Waals surface area contributed by atoms with Crippen molar-refractivity contribution in [3.63, 3.8) is 0 Å². The highest BCUT2D eigenvalue weighted by Crippen LogP contribution is 2.29. The number of nitrogens with one attached hydrogen (secondary N) is 1. The summed E-state index contributed by atoms with van der Waals surface area (Å²) in [4.78, 5) is 27.0. The molecule has 2 amide bonds. The Bertz CT molecular complexity index is 627. The highest BCUT2D eigenvalue weighted by molar-refractivity contribution is 5.88. The fourth-order valence-corrected chi connectivity index (χ4v) is 4.08. The third-order valence-electron chi connectivity index (χ3n) is 6.06. The summed E-state index contributed by atoms with van der Waals surface area (Å²) >= 11 is 0. The minimum absolute atomic E-state index is 0. The lowest BCUT2D eigenvalue weighted by atomic mass is 9.79. The molecule has 2 heterocycles. The molecule has 2 fully saturated rings. The molecule has 0 bridgehead atoms. The predicted molar refractivity (Wildman–Crippen MR) is 111 cm³/mol. The van der Waals surface area contributed by atoms with Crippen molar-refractivity contribution in [2.24, 2.45) is 17.1 Å². The van der Waals surface area contributed by atoms with Gasteiger partial charge in [0.05, 0.1) is 12.0 Å². The van der Waals surface area contributed by atoms with Gasteiger partial charge in [-0.1, -0.05) is 30.3 Å². The van der Waals surface area contributed by atoms with Gasteiger partial charge in [-0.15, -0.1) is 12.4 Å². The van der Waals surface area contributed by atoms with Crippen LogP contribution in [0.5, 0.6) is 0 Å². The highest BCUT2D eigenvalue weighted by Gasteiger charge is 2.39. The van der Waals surface area contributed by atoms with E-state index in [2.05, 4.69) is 29.6 Å². The van der Waals surface area contributed by atoms with Crippen LogP contribution < -0.4 is 11.1 Å². The monoisotopic (exact) mass is 409 g/mol. The maximum atomic E-state index is 12.6. The van der Waals surface area contributed by atoms with Crippen LogP contribution in [-0.2, 0) is 20.7 Å². The van der Waals surface area contributed by atoms with E-state index in [9.17, 15) is 9.59 Å². The number of halogens is 1. The van der Waals surface area contributed by atoms with Crippen LogP contribution in [0.4, 0.5) is 0 Å². The smallest absolute Gasteiger partial charge is 0.241 e. The van der Waals surface area contributed by atoms with Gasteiger partial charge >= 0.3 is 0 Å². The lowest BCUT2D eigenvalue weighted by Crippen LogP contribution is -2.52. The van der Waals surface area contributed by atoms with Gasteiger partial charge < -0.3 is 20.7 Å². The van der Waals surface area contributed by atoms with Crippen molar-refractivity contribution in [1.82, 2.24) is 10.2 Å². The normalized spacial score (nSPS) is 19.5. The average Bonchev–Trinajstić information content (AvgIpc) is 2.73. The van der Waals surface area contributed by atoms with Crippen molar-refractivity contribution in [1.29, 1.82) is 0 Å². The Hall–Kier alpha value is -1.63. The molecule has 2 aliphatic heterocycles. The Morgan fingerprint density at radius 3 is 2.39 bits per heavy atom. The molecule has 0 unspecified atom stereocenters. The molecule has 0 radical (unpaired) electrons. The number of benzene rings is 1. The van der Waals surface area contributed by atoms with E-state index >= 15 is 0 Å². The molecule has 2 aliphatic rings. The number of hydrogen-bond donors (Lipinski definition) is 2. The van der Waals surface area contributed by atoms with Crippen molar-refractivity contribution in [2.45, 2.75) is 32.1 Å². The van der Waals surface area contributed by atoms with Crippen LogP contribution in [0, 0.1) is 11.3 Å². The Morgan fingerprint density at radius 1 is 1.14 bits per heavy atom. The van der Waals surface area contributed by atoms with Crippen molar-refractivity contribution >= 4 is 24.2 Å². The first kappa shape index (κ1) is 22.7. The highest BCUT2D eigenvalue weighted by atomic mass is 35.5. The topological polar surface area (TPSA) is 84.7 Å². The average molecular weight is 410 g/mol. The van der Waals surface area contributed by atoms with E-state index in [1.165, 1.54) is 5.56 Å². The van der Waals surface area contributed by atoms with Gasteiger partial charge in [0.1, 0.15) is 0 Å². The van der Waals surface area contributed by atoms with Crippen LogP contribution in [0.2, 0.25) is 0 Å². The summed E-state index contributed by atoms with van der Waals surface area (Å²) in [5.41, 5.74) is 6.63. The molecule has 0 aliphatic carbocycles. The molecule has 0 atom stereocenters. The molecule has 3 N–H and O–H groups in total. The molecule has 1 aromatic carbocycles. The minimum atomic E-state index is -0.582. The fourth-order valence-electron chi connectivity index (χ4n) is 4.08. The number of nitrogens with two attached hydrogens (primary N) is 1. The predicted octanol–water partition coefficient (Wildman–Crippen LogP) is 1.76. The summed E-state index contributed by atoms with van der Waals surface area (Å²) in [5.74, 6) is 0.509. The van der Waals surface area contributed by atoms with E-state index in [4.69, 9.17) is 10.5 Å². The summed E-state index contributed by atoms with van der Waals surface area (Å²) in [6.45, 7) is 2.98. The zero-order chi connectivity index (χ0) is 19.1. The summed E-state index contributed by atoms with van der Waals surface area (Å²) in [6, 6.07) is 10.5. The van der Waals surface area contributed by atoms with Crippen LogP contribution in [0.1, 0.15) is 31.2 Å². The van der Waals surface area contributed by atoms with Crippen molar-refractivity contribution in [3.8, 4) is 0 Å². The SMILES string of the molecule is Cl.NCC1(C(=O)NCC(=O)N2CCC(Cc3ccccc3)CC2)CCOCC1. The van der Waals surface area contributed by atoms with E-state index in [-0.39, 0.29) is 30.8 Å². The van der Waals surface area contributed by atoms with E-state index in [0.29, 0.717) is 38.5 Å². The van der Waals surface area contributed by atoms with Crippen LogP contribution >= 0.6 is 12.4 Å². The third kappa shape index (κ3) is 5.69. The summed E-state index contributed by atoms with van der Waals surface area (Å²) < 4.78 is 5.34. The minimum Gasteiger partial charge on any atom is -0.381 e. The first-order valence-electron chi connectivity index (χ1n) is 10.0. The molecule has 0 saturated carbocycles. The van der Waals surface area contributed by atoms with Gasteiger partial charge in [-0.3, -0.25) is 9.59 Å². The molecule has 6 nitrogen and oxygen atoms in total. The number of hydrogen-bond acceptors (Lipinski definition) is 4. The quantitative estimate of drug-likeness (QED) is 0.749. The zero-order valence-corrected chi connectivity index (χ0v) is 17.2. The number of nitrogens with zero attached hydrogens (tertiary/aromatic N) is 1. The maximum Gasteiger partial charge on any atom is 0.241 e. The molecule has 28 heavy (non-hydrogen) atoms. The molecule has 2 saturated heterocycles. The van der Waals surface area contributed by atoms with Crippen molar-refractivity contribution in [2.75, 3.05) is 39.4 Å². The first-order chi connectivity index (χ1) is 13.1. The summed E-state index contributed by atoms with van der Waals surface area (Å²) in [5, 5.41) is 2.83. The molecule has 0 spiro atoms. The van der Waals surface area contributed by atoms with Crippen molar-refractivity contribution in [3.05, 3.63) is 35.9 Å². The Morgan fingerprint density at radius 2 is 1.79 bits per heavy atom. The van der Waals surface area contributed by atoms with E-state index in [1.807, 2.05) is 11.0 Å². The summed E-state index contributed by atoms with van der Waals surface area (Å²) in [7, 11) is 0.